The van der Waals surface area contributed by atoms with Gasteiger partial charge < -0.3 is 10.6 Å². The molecule has 9 nitrogen and oxygen atoms in total. The van der Waals surface area contributed by atoms with Crippen LogP contribution in [-0.2, 0) is 37.2 Å². The Kier molecular flexibility index (Phi) is 8.92. The van der Waals surface area contributed by atoms with Crippen molar-refractivity contribution in [1.82, 2.24) is 19.7 Å². The summed E-state index contributed by atoms with van der Waals surface area (Å²) in [5.41, 5.74) is 0.609. The van der Waals surface area contributed by atoms with Gasteiger partial charge in [-0.1, -0.05) is 32.0 Å². The van der Waals surface area contributed by atoms with E-state index in [1.165, 1.54) is 23.7 Å². The summed E-state index contributed by atoms with van der Waals surface area (Å²) in [5.74, 6) is -2.23. The van der Waals surface area contributed by atoms with Crippen LogP contribution in [0.1, 0.15) is 43.7 Å². The van der Waals surface area contributed by atoms with Crippen LogP contribution in [0.4, 0.5) is 0 Å². The average Bonchev–Trinajstić information content (AvgIpc) is 3.24. The van der Waals surface area contributed by atoms with Gasteiger partial charge in [-0.3, -0.25) is 14.4 Å². The maximum atomic E-state index is 13.2. The van der Waals surface area contributed by atoms with Crippen molar-refractivity contribution in [3.63, 3.8) is 0 Å². The zero-order valence-corrected chi connectivity index (χ0v) is 20.9. The van der Waals surface area contributed by atoms with E-state index in [1.807, 2.05) is 19.9 Å². The number of sulfonamides is 1. The minimum Gasteiger partial charge on any atom is -0.349 e. The zero-order valence-electron chi connectivity index (χ0n) is 19.2. The highest BCUT2D eigenvalue weighted by molar-refractivity contribution is 7.89. The molecule has 2 heterocycles. The summed E-state index contributed by atoms with van der Waals surface area (Å²) in [6, 6.07) is 7.38. The van der Waals surface area contributed by atoms with E-state index in [1.54, 1.807) is 18.2 Å². The van der Waals surface area contributed by atoms with Crippen LogP contribution < -0.4 is 15.4 Å². The van der Waals surface area contributed by atoms with Gasteiger partial charge in [0, 0.05) is 17.8 Å². The summed E-state index contributed by atoms with van der Waals surface area (Å²) in [4.78, 5) is 39.6. The Labute approximate surface area is 203 Å². The number of hydrogen-bond donors (Lipinski definition) is 3. The number of aryl methyl sites for hydroxylation is 1. The lowest BCUT2D eigenvalue weighted by molar-refractivity contribution is -0.140. The Hall–Kier alpha value is -2.63. The van der Waals surface area contributed by atoms with E-state index >= 15 is 0 Å². The van der Waals surface area contributed by atoms with Gasteiger partial charge in [0.25, 0.3) is 5.91 Å². The third kappa shape index (κ3) is 7.18. The van der Waals surface area contributed by atoms with Gasteiger partial charge in [-0.15, -0.1) is 0 Å². The Bertz CT molecular complexity index is 1120. The van der Waals surface area contributed by atoms with Crippen LogP contribution in [0.25, 0.3) is 0 Å². The van der Waals surface area contributed by atoms with Gasteiger partial charge in [-0.2, -0.15) is 9.10 Å². The molecule has 0 aliphatic carbocycles. The Balaban J connectivity index is 1.82. The fourth-order valence-electron chi connectivity index (χ4n) is 3.67. The first-order valence-corrected chi connectivity index (χ1v) is 13.6. The van der Waals surface area contributed by atoms with Crippen LogP contribution in [0.15, 0.2) is 41.3 Å². The predicted octanol–water partition coefficient (Wildman–Crippen LogP) is 1.59. The van der Waals surface area contributed by atoms with Gasteiger partial charge in [0.2, 0.25) is 21.7 Å². The van der Waals surface area contributed by atoms with Crippen molar-refractivity contribution in [3.05, 3.63) is 47.0 Å². The van der Waals surface area contributed by atoms with Crippen LogP contribution in [0.5, 0.6) is 0 Å². The van der Waals surface area contributed by atoms with Gasteiger partial charge in [0.05, 0.1) is 10.6 Å². The number of nitrogens with one attached hydrogen (secondary N) is 3. The number of amides is 2. The first-order valence-electron chi connectivity index (χ1n) is 11.3. The summed E-state index contributed by atoms with van der Waals surface area (Å²) < 4.78 is 32.5. The summed E-state index contributed by atoms with van der Waals surface area (Å²) >= 11 is 1.34. The van der Waals surface area contributed by atoms with Crippen LogP contribution >= 0.6 is 11.5 Å². The van der Waals surface area contributed by atoms with E-state index in [9.17, 15) is 22.8 Å². The van der Waals surface area contributed by atoms with E-state index in [0.29, 0.717) is 12.2 Å². The summed E-state index contributed by atoms with van der Waals surface area (Å²) in [6.07, 6.45) is 2.69. The number of Topliss-reactive ketones (excluding diaryl/α,β-unsaturated/α-hetero) is 1. The second kappa shape index (κ2) is 11.7. The monoisotopic (exact) mass is 506 g/mol. The maximum absolute atomic E-state index is 13.2. The number of rotatable bonds is 7. The molecule has 2 bridgehead atoms. The Morgan fingerprint density at radius 1 is 1.21 bits per heavy atom. The molecule has 1 aliphatic rings. The van der Waals surface area contributed by atoms with Crippen molar-refractivity contribution in [3.8, 4) is 0 Å². The number of fused-ring (bicyclic) bond motifs is 2. The first-order chi connectivity index (χ1) is 16.2. The molecular formula is C23H30N4O5S2. The predicted molar refractivity (Wildman–Crippen MR) is 129 cm³/mol. The molecule has 3 rings (SSSR count). The molecule has 2 unspecified atom stereocenters. The number of carbonyl (C=O) groups excluding carboxylic acids is 3. The number of hydrogen-bond acceptors (Lipinski definition) is 7. The molecule has 1 aliphatic heterocycles. The van der Waals surface area contributed by atoms with Crippen LogP contribution in [0.2, 0.25) is 0 Å². The standard InChI is InChI=1S/C23H30N4O5S2/c1-15(2)12-20(27-34(31,32)18-9-4-3-5-10-18)22(29)25-19-14-16-13-17(33-26-16)8-6-7-11-24-23(30)21(19)28/h3-5,9-10,13,15,19-20,27H,6-8,11-12,14H2,1-2H3,(H,24,30)(H,25,29). The molecule has 0 saturated carbocycles. The van der Waals surface area contributed by atoms with Crippen molar-refractivity contribution in [2.24, 2.45) is 5.92 Å². The summed E-state index contributed by atoms with van der Waals surface area (Å²) in [5, 5.41) is 5.23. The minimum atomic E-state index is -3.97. The van der Waals surface area contributed by atoms with Gasteiger partial charge in [-0.25, -0.2) is 8.42 Å². The second-order valence-corrected chi connectivity index (χ2v) is 11.3. The van der Waals surface area contributed by atoms with Gasteiger partial charge in [0.1, 0.15) is 12.1 Å². The molecular weight excluding hydrogens is 476 g/mol. The molecule has 0 saturated heterocycles. The van der Waals surface area contributed by atoms with Crippen LogP contribution in [0, 0.1) is 5.92 Å². The highest BCUT2D eigenvalue weighted by Gasteiger charge is 2.32. The third-order valence-corrected chi connectivity index (χ3v) is 7.76. The highest BCUT2D eigenvalue weighted by Crippen LogP contribution is 2.17. The number of aromatic nitrogens is 1. The van der Waals surface area contributed by atoms with Crippen molar-refractivity contribution >= 4 is 39.2 Å². The number of benzene rings is 1. The summed E-state index contributed by atoms with van der Waals surface area (Å²) in [6.45, 7) is 4.09. The summed E-state index contributed by atoms with van der Waals surface area (Å²) in [7, 11) is -3.97. The molecule has 34 heavy (non-hydrogen) atoms. The molecule has 0 fully saturated rings. The fraction of sp³-hybridized carbons (Fsp3) is 0.478. The van der Waals surface area contributed by atoms with E-state index in [-0.39, 0.29) is 23.7 Å². The second-order valence-electron chi connectivity index (χ2n) is 8.74. The molecule has 3 N–H and O–H groups in total. The topological polar surface area (TPSA) is 134 Å². The minimum absolute atomic E-state index is 0.00868. The zero-order chi connectivity index (χ0) is 24.7. The quantitative estimate of drug-likeness (QED) is 0.488. The van der Waals surface area contributed by atoms with Crippen molar-refractivity contribution in [2.75, 3.05) is 6.54 Å². The molecule has 1 aromatic heterocycles. The van der Waals surface area contributed by atoms with Crippen molar-refractivity contribution < 1.29 is 22.8 Å². The molecule has 184 valence electrons. The first kappa shape index (κ1) is 26.0. The maximum Gasteiger partial charge on any atom is 0.289 e. The van der Waals surface area contributed by atoms with E-state index in [4.69, 9.17) is 0 Å². The lowest BCUT2D eigenvalue weighted by atomic mass is 10.0. The molecule has 2 atom stereocenters. The smallest absolute Gasteiger partial charge is 0.289 e. The van der Waals surface area contributed by atoms with Gasteiger partial charge >= 0.3 is 0 Å². The van der Waals surface area contributed by atoms with Gasteiger partial charge in [0.15, 0.2) is 0 Å². The third-order valence-electron chi connectivity index (χ3n) is 5.39. The lowest BCUT2D eigenvalue weighted by Gasteiger charge is -2.23. The SMILES string of the molecule is CC(C)CC(NS(=O)(=O)c1ccccc1)C(=O)NC1Cc2cc(sn2)CCCCNC(=O)C1=O. The van der Waals surface area contributed by atoms with Crippen molar-refractivity contribution in [1.29, 1.82) is 0 Å². The largest absolute Gasteiger partial charge is 0.349 e. The van der Waals surface area contributed by atoms with E-state index < -0.39 is 39.7 Å². The lowest BCUT2D eigenvalue weighted by Crippen LogP contribution is -2.54. The van der Waals surface area contributed by atoms with E-state index in [0.717, 1.165) is 24.1 Å². The molecule has 0 spiro atoms. The Morgan fingerprint density at radius 2 is 1.94 bits per heavy atom. The average molecular weight is 507 g/mol. The number of ketones is 1. The molecule has 11 heteroatoms. The fourth-order valence-corrected chi connectivity index (χ4v) is 5.68. The van der Waals surface area contributed by atoms with Crippen LogP contribution in [-0.4, -0.2) is 49.0 Å². The molecule has 0 radical (unpaired) electrons. The molecule has 2 aromatic rings. The van der Waals surface area contributed by atoms with Crippen LogP contribution in [0.3, 0.4) is 0 Å². The molecule has 2 amide bonds. The van der Waals surface area contributed by atoms with Gasteiger partial charge in [-0.05, 0) is 61.3 Å². The molecule has 1 aromatic carbocycles. The number of carbonyl (C=O) groups is 3. The highest BCUT2D eigenvalue weighted by atomic mass is 32.2. The normalized spacial score (nSPS) is 18.5. The Morgan fingerprint density at radius 3 is 2.65 bits per heavy atom. The van der Waals surface area contributed by atoms with E-state index in [2.05, 4.69) is 19.7 Å². The van der Waals surface area contributed by atoms with Crippen molar-refractivity contribution in [2.45, 2.75) is 62.9 Å². The number of nitrogens with zero attached hydrogens (tertiary/aromatic N) is 1.